The van der Waals surface area contributed by atoms with Crippen molar-refractivity contribution in [2.24, 2.45) is 0 Å². The monoisotopic (exact) mass is 1040 g/mol. The van der Waals surface area contributed by atoms with E-state index in [0.29, 0.717) is 57.6 Å². The van der Waals surface area contributed by atoms with Crippen molar-refractivity contribution < 1.29 is 62.9 Å². The van der Waals surface area contributed by atoms with Crippen LogP contribution in [0.1, 0.15) is 103 Å². The molecule has 4 N–H and O–H groups in total. The van der Waals surface area contributed by atoms with Gasteiger partial charge in [-0.25, -0.2) is 0 Å². The van der Waals surface area contributed by atoms with Crippen LogP contribution < -0.4 is 14.4 Å². The second-order valence-electron chi connectivity index (χ2n) is 19.2. The Balaban J connectivity index is 1.25. The van der Waals surface area contributed by atoms with Crippen LogP contribution in [0.4, 0.5) is 11.4 Å². The Morgan fingerprint density at radius 1 is 0.606 bits per heavy atom. The highest BCUT2D eigenvalue weighted by Crippen LogP contribution is 2.51. The molecule has 0 unspecified atom stereocenters. The van der Waals surface area contributed by atoms with Gasteiger partial charge in [0.1, 0.15) is 18.0 Å². The van der Waals surface area contributed by atoms with E-state index in [4.69, 9.17) is 19.1 Å². The topological polar surface area (TPSA) is 225 Å². The smallest absolute Gasteiger partial charge is 0.303 e. The number of hydrogen-bond donors (Lipinski definition) is 4. The molecule has 0 fully saturated rings. The van der Waals surface area contributed by atoms with Crippen molar-refractivity contribution in [1.29, 1.82) is 0 Å². The molecule has 18 heteroatoms. The minimum atomic E-state index is -4.11. The summed E-state index contributed by atoms with van der Waals surface area (Å²) in [6.07, 6.45) is 18.4. The lowest BCUT2D eigenvalue weighted by atomic mass is 9.79. The Bertz CT molecular complexity index is 3100. The number of aliphatic carboxylic acids is 1. The van der Waals surface area contributed by atoms with Crippen molar-refractivity contribution in [3.05, 3.63) is 120 Å². The van der Waals surface area contributed by atoms with Crippen molar-refractivity contribution >= 4 is 75.0 Å². The van der Waals surface area contributed by atoms with Crippen LogP contribution in [-0.2, 0) is 46.0 Å². The highest BCUT2D eigenvalue weighted by molar-refractivity contribution is 7.86. The van der Waals surface area contributed by atoms with Gasteiger partial charge in [-0.2, -0.15) is 29.8 Å². The maximum Gasteiger partial charge on any atom is 0.303 e. The van der Waals surface area contributed by atoms with Crippen LogP contribution in [0.3, 0.4) is 0 Å². The third-order valence-corrected chi connectivity index (χ3v) is 15.4. The van der Waals surface area contributed by atoms with Gasteiger partial charge in [0.15, 0.2) is 5.71 Å². The molecule has 0 aliphatic carbocycles. The summed E-state index contributed by atoms with van der Waals surface area (Å²) in [7, 11) is -12.3. The van der Waals surface area contributed by atoms with Crippen LogP contribution in [-0.4, -0.2) is 104 Å². The van der Waals surface area contributed by atoms with Crippen LogP contribution in [0.15, 0.2) is 109 Å². The molecule has 384 valence electrons. The summed E-state index contributed by atoms with van der Waals surface area (Å²) < 4.78 is 111. The van der Waals surface area contributed by atoms with Gasteiger partial charge in [0.05, 0.1) is 35.9 Å². The molecule has 6 rings (SSSR count). The van der Waals surface area contributed by atoms with E-state index in [9.17, 15) is 39.2 Å². The van der Waals surface area contributed by atoms with E-state index in [1.807, 2.05) is 66.8 Å². The van der Waals surface area contributed by atoms with Gasteiger partial charge in [-0.05, 0) is 135 Å². The summed E-state index contributed by atoms with van der Waals surface area (Å²) in [5, 5.41) is 13.0. The van der Waals surface area contributed by atoms with Gasteiger partial charge in [0, 0.05) is 53.9 Å². The van der Waals surface area contributed by atoms with Crippen molar-refractivity contribution in [3.8, 4) is 11.5 Å². The first-order chi connectivity index (χ1) is 33.5. The van der Waals surface area contributed by atoms with Gasteiger partial charge < -0.3 is 19.5 Å². The van der Waals surface area contributed by atoms with Gasteiger partial charge in [-0.15, -0.1) is 0 Å². The van der Waals surface area contributed by atoms with E-state index < -0.39 is 47.2 Å². The van der Waals surface area contributed by atoms with E-state index in [1.165, 1.54) is 0 Å². The molecule has 0 bridgehead atoms. The molecule has 15 nitrogen and oxygen atoms in total. The van der Waals surface area contributed by atoms with E-state index >= 15 is 0 Å². The van der Waals surface area contributed by atoms with Gasteiger partial charge in [0.25, 0.3) is 30.4 Å². The second kappa shape index (κ2) is 23.5. The molecule has 2 aliphatic rings. The number of nitrogens with zero attached hydrogens (tertiary/aromatic N) is 2. The Morgan fingerprint density at radius 3 is 1.73 bits per heavy atom. The molecule has 0 spiro atoms. The van der Waals surface area contributed by atoms with E-state index in [1.54, 1.807) is 0 Å². The maximum absolute atomic E-state index is 11.6. The summed E-state index contributed by atoms with van der Waals surface area (Å²) in [4.78, 5) is 13.1. The molecule has 4 aromatic carbocycles. The van der Waals surface area contributed by atoms with Gasteiger partial charge in [-0.1, -0.05) is 62.4 Å². The van der Waals surface area contributed by atoms with Crippen LogP contribution in [0.5, 0.6) is 11.5 Å². The zero-order chi connectivity index (χ0) is 51.6. The zero-order valence-corrected chi connectivity index (χ0v) is 43.4. The summed E-state index contributed by atoms with van der Waals surface area (Å²) in [5.41, 5.74) is 5.17. The second-order valence-corrected chi connectivity index (χ2v) is 23.9. The fraction of sp³-hybridized carbons (Fsp3) is 0.434. The minimum absolute atomic E-state index is 0.136. The Morgan fingerprint density at radius 2 is 1.13 bits per heavy atom. The lowest BCUT2D eigenvalue weighted by molar-refractivity contribution is -0.438. The average Bonchev–Trinajstić information content (AvgIpc) is 3.64. The van der Waals surface area contributed by atoms with Gasteiger partial charge in [0.2, 0.25) is 5.69 Å². The van der Waals surface area contributed by atoms with E-state index in [2.05, 4.69) is 73.6 Å². The fourth-order valence-corrected chi connectivity index (χ4v) is 11.4. The first kappa shape index (κ1) is 55.0. The van der Waals surface area contributed by atoms with E-state index in [-0.39, 0.29) is 43.1 Å². The third-order valence-electron chi connectivity index (χ3n) is 13.0. The molecule has 2 heterocycles. The molecule has 0 atom stereocenters. The average molecular weight is 1040 g/mol. The molecular weight excluding hydrogens is 969 g/mol. The molecular formula is C53H67N2O13S3+. The molecule has 0 radical (unpaired) electrons. The predicted molar refractivity (Wildman–Crippen MR) is 281 cm³/mol. The number of anilines is 1. The molecule has 0 saturated heterocycles. The maximum atomic E-state index is 11.6. The highest BCUT2D eigenvalue weighted by Gasteiger charge is 2.45. The highest BCUT2D eigenvalue weighted by atomic mass is 32.2. The lowest BCUT2D eigenvalue weighted by Gasteiger charge is -2.27. The Kier molecular flexibility index (Phi) is 18.2. The normalized spacial score (nSPS) is 16.4. The quantitative estimate of drug-likeness (QED) is 0.0189. The van der Waals surface area contributed by atoms with Crippen molar-refractivity contribution in [2.75, 3.05) is 48.5 Å². The first-order valence-electron chi connectivity index (χ1n) is 24.1. The first-order valence-corrected chi connectivity index (χ1v) is 28.9. The number of fused-ring (bicyclic) bond motifs is 6. The number of allylic oxidation sites excluding steroid dienone is 8. The largest absolute Gasteiger partial charge is 0.494 e. The van der Waals surface area contributed by atoms with Crippen molar-refractivity contribution in [2.45, 2.75) is 103 Å². The zero-order valence-electron chi connectivity index (χ0n) is 40.9. The van der Waals surface area contributed by atoms with Gasteiger partial charge in [-0.3, -0.25) is 18.5 Å². The van der Waals surface area contributed by atoms with Crippen LogP contribution in [0.25, 0.3) is 21.5 Å². The number of carboxylic acids is 1. The SMILES string of the molecule is CC1(C)C(/C=C/C=C/C=C/C=C2/N(CCCCS(=O)(=O)O)c3ccc4ccc(OCCCCCC(=O)O)cc4c3C2(C)C)=[N+](CCCCS(=O)(=O)O)c2ccc3ccc(OCCCCS(=O)(=O)O)cc3c21. The summed E-state index contributed by atoms with van der Waals surface area (Å²) >= 11 is 0. The number of unbranched alkanes of at least 4 members (excludes halogenated alkanes) is 5. The molecule has 0 saturated carbocycles. The molecule has 0 aromatic heterocycles. The summed E-state index contributed by atoms with van der Waals surface area (Å²) in [5.74, 6) is -0.452. The van der Waals surface area contributed by atoms with Crippen LogP contribution >= 0.6 is 0 Å². The Labute approximate surface area is 418 Å². The molecule has 4 aromatic rings. The van der Waals surface area contributed by atoms with Crippen molar-refractivity contribution in [1.82, 2.24) is 0 Å². The molecule has 0 amide bonds. The fourth-order valence-electron chi connectivity index (χ4n) is 9.70. The molecule has 71 heavy (non-hydrogen) atoms. The number of ether oxygens (including phenoxy) is 2. The lowest BCUT2D eigenvalue weighted by Crippen LogP contribution is -2.28. The van der Waals surface area contributed by atoms with Crippen molar-refractivity contribution in [3.63, 3.8) is 0 Å². The van der Waals surface area contributed by atoms with Gasteiger partial charge >= 0.3 is 5.97 Å². The van der Waals surface area contributed by atoms with E-state index in [0.717, 1.165) is 74.0 Å². The number of rotatable bonds is 27. The van der Waals surface area contributed by atoms with Crippen LogP contribution in [0, 0.1) is 0 Å². The summed E-state index contributed by atoms with van der Waals surface area (Å²) in [6, 6.07) is 20.1. The standard InChI is InChI=1S/C53H66N2O13S3/c1-52(2)47(54(30-12-16-34-69(58,59)60)45-28-24-39-22-26-41(37-43(39)50(45)52)67-32-14-8-11-21-49(56)57)19-9-6-5-7-10-20-48-53(3,4)51-44-38-42(68-33-15-18-36-71(64,65)66)27-23-40(44)25-29-46(51)55(48)31-13-17-35-70(61,62)63/h5-7,9-10,19-20,22-29,37-38H,8,11-18,21,30-36H2,1-4H3,(H3-,56,57,58,59,60,61,62,63,64,65,66)/p+1. The number of benzene rings is 4. The number of carboxylic acid groups (broad SMARTS) is 1. The number of carbonyl (C=O) groups is 1. The number of hydrogen-bond acceptors (Lipinski definition) is 10. The predicted octanol–water partition coefficient (Wildman–Crippen LogP) is 10.1. The third kappa shape index (κ3) is 14.9. The Hall–Kier alpha value is -5.37. The van der Waals surface area contributed by atoms with Crippen LogP contribution in [0.2, 0.25) is 0 Å². The summed E-state index contributed by atoms with van der Waals surface area (Å²) in [6.45, 7) is 10.4. The molecule has 2 aliphatic heterocycles. The minimum Gasteiger partial charge on any atom is -0.494 e.